The summed E-state index contributed by atoms with van der Waals surface area (Å²) in [7, 11) is 1.28. The van der Waals surface area contributed by atoms with E-state index in [9.17, 15) is 9.59 Å². The molecule has 0 spiro atoms. The molecule has 0 aliphatic carbocycles. The number of rotatable bonds is 3. The number of aryl methyl sites for hydroxylation is 2. The van der Waals surface area contributed by atoms with Crippen molar-refractivity contribution in [1.29, 1.82) is 0 Å². The number of methoxy groups -OCH3 is 1. The molecular formula is C17H21N3O5. The molecule has 1 amide bonds. The van der Waals surface area contributed by atoms with Gasteiger partial charge in [-0.1, -0.05) is 5.16 Å². The number of hydrogen-bond acceptors (Lipinski definition) is 7. The van der Waals surface area contributed by atoms with Crippen molar-refractivity contribution in [2.75, 3.05) is 12.4 Å². The summed E-state index contributed by atoms with van der Waals surface area (Å²) in [6.45, 7) is 8.70. The van der Waals surface area contributed by atoms with Gasteiger partial charge in [-0.15, -0.1) is 0 Å². The average molecular weight is 347 g/mol. The summed E-state index contributed by atoms with van der Waals surface area (Å²) < 4.78 is 15.2. The van der Waals surface area contributed by atoms with Crippen LogP contribution in [0.15, 0.2) is 16.7 Å². The minimum Gasteiger partial charge on any atom is -0.465 e. The lowest BCUT2D eigenvalue weighted by Crippen LogP contribution is -2.27. The van der Waals surface area contributed by atoms with Crippen LogP contribution in [0.2, 0.25) is 0 Å². The smallest absolute Gasteiger partial charge is 0.412 e. The largest absolute Gasteiger partial charge is 0.465 e. The number of carbonyl (C=O) groups excluding carboxylic acids is 2. The normalized spacial score (nSPS) is 11.1. The summed E-state index contributed by atoms with van der Waals surface area (Å²) in [4.78, 5) is 28.1. The molecule has 8 heteroatoms. The number of hydrogen-bond donors (Lipinski definition) is 1. The van der Waals surface area contributed by atoms with Crippen LogP contribution < -0.4 is 5.32 Å². The van der Waals surface area contributed by atoms with Crippen molar-refractivity contribution >= 4 is 17.7 Å². The first-order valence-electron chi connectivity index (χ1n) is 7.65. The van der Waals surface area contributed by atoms with Crippen LogP contribution in [-0.2, 0) is 9.47 Å². The van der Waals surface area contributed by atoms with Crippen LogP contribution in [0.3, 0.4) is 0 Å². The van der Waals surface area contributed by atoms with Gasteiger partial charge < -0.3 is 14.0 Å². The topological polar surface area (TPSA) is 104 Å². The molecule has 0 fully saturated rings. The molecule has 134 valence electrons. The molecule has 0 saturated heterocycles. The predicted molar refractivity (Wildman–Crippen MR) is 90.4 cm³/mol. The molecule has 8 nitrogen and oxygen atoms in total. The maximum Gasteiger partial charge on any atom is 0.412 e. The van der Waals surface area contributed by atoms with Crippen LogP contribution in [0.25, 0.3) is 11.5 Å². The molecule has 2 heterocycles. The molecule has 2 aromatic rings. The van der Waals surface area contributed by atoms with Crippen molar-refractivity contribution in [3.8, 4) is 11.5 Å². The number of amides is 1. The molecule has 1 N–H and O–H groups in total. The number of carbonyl (C=O) groups is 2. The molecule has 0 aliphatic rings. The molecule has 0 aliphatic heterocycles. The molecule has 0 saturated carbocycles. The number of aromatic nitrogens is 2. The van der Waals surface area contributed by atoms with Gasteiger partial charge in [0.05, 0.1) is 24.2 Å². The van der Waals surface area contributed by atoms with Crippen LogP contribution >= 0.6 is 0 Å². The Hall–Kier alpha value is -2.90. The van der Waals surface area contributed by atoms with E-state index in [-0.39, 0.29) is 11.3 Å². The third-order valence-corrected chi connectivity index (χ3v) is 3.21. The Labute approximate surface area is 145 Å². The SMILES string of the molecule is COC(=O)c1c(C)noc1-c1ccc(NC(=O)OC(C)(C)C)c(C)n1. The van der Waals surface area contributed by atoms with Crippen LogP contribution in [0.1, 0.15) is 42.5 Å². The lowest BCUT2D eigenvalue weighted by molar-refractivity contribution is 0.0597. The van der Waals surface area contributed by atoms with Gasteiger partial charge in [0.15, 0.2) is 5.76 Å². The summed E-state index contributed by atoms with van der Waals surface area (Å²) in [5.74, 6) is -0.333. The minimum atomic E-state index is -0.599. The fourth-order valence-electron chi connectivity index (χ4n) is 2.12. The second-order valence-corrected chi connectivity index (χ2v) is 6.42. The van der Waals surface area contributed by atoms with Crippen molar-refractivity contribution < 1.29 is 23.6 Å². The highest BCUT2D eigenvalue weighted by molar-refractivity contribution is 5.96. The Morgan fingerprint density at radius 2 is 1.84 bits per heavy atom. The lowest BCUT2D eigenvalue weighted by Gasteiger charge is -2.20. The molecule has 2 rings (SSSR count). The van der Waals surface area contributed by atoms with Crippen molar-refractivity contribution in [3.05, 3.63) is 29.1 Å². The second kappa shape index (κ2) is 6.92. The Morgan fingerprint density at radius 3 is 2.40 bits per heavy atom. The summed E-state index contributed by atoms with van der Waals surface area (Å²) in [5.41, 5.74) is 1.48. The maximum absolute atomic E-state index is 11.9. The molecule has 0 atom stereocenters. The van der Waals surface area contributed by atoms with Gasteiger partial charge in [-0.25, -0.2) is 14.6 Å². The van der Waals surface area contributed by atoms with Gasteiger partial charge in [-0.2, -0.15) is 0 Å². The number of esters is 1. The van der Waals surface area contributed by atoms with E-state index in [4.69, 9.17) is 14.0 Å². The minimum absolute atomic E-state index is 0.219. The van der Waals surface area contributed by atoms with Crippen molar-refractivity contribution in [1.82, 2.24) is 10.1 Å². The third-order valence-electron chi connectivity index (χ3n) is 3.21. The molecule has 2 aromatic heterocycles. The van der Waals surface area contributed by atoms with Crippen molar-refractivity contribution in [2.45, 2.75) is 40.2 Å². The zero-order valence-electron chi connectivity index (χ0n) is 15.1. The molecule has 25 heavy (non-hydrogen) atoms. The van der Waals surface area contributed by atoms with Crippen LogP contribution in [0.4, 0.5) is 10.5 Å². The molecule has 0 aromatic carbocycles. The Bertz CT molecular complexity index is 805. The third kappa shape index (κ3) is 4.34. The Morgan fingerprint density at radius 1 is 1.16 bits per heavy atom. The van der Waals surface area contributed by atoms with E-state index in [1.165, 1.54) is 7.11 Å². The van der Waals surface area contributed by atoms with E-state index in [1.54, 1.807) is 46.8 Å². The summed E-state index contributed by atoms with van der Waals surface area (Å²) in [5, 5.41) is 6.43. The number of nitrogens with zero attached hydrogens (tertiary/aromatic N) is 2. The number of anilines is 1. The van der Waals surface area contributed by atoms with Gasteiger partial charge in [-0.05, 0) is 46.8 Å². The first-order chi connectivity index (χ1) is 11.6. The average Bonchev–Trinajstić information content (AvgIpc) is 2.88. The van der Waals surface area contributed by atoms with Gasteiger partial charge >= 0.3 is 12.1 Å². The van der Waals surface area contributed by atoms with E-state index >= 15 is 0 Å². The second-order valence-electron chi connectivity index (χ2n) is 6.42. The fourth-order valence-corrected chi connectivity index (χ4v) is 2.12. The first kappa shape index (κ1) is 18.4. The quantitative estimate of drug-likeness (QED) is 0.848. The Kier molecular flexibility index (Phi) is 5.10. The van der Waals surface area contributed by atoms with E-state index in [1.807, 2.05) is 0 Å². The highest BCUT2D eigenvalue weighted by atomic mass is 16.6. The highest BCUT2D eigenvalue weighted by Gasteiger charge is 2.24. The molecule has 0 bridgehead atoms. The van der Waals surface area contributed by atoms with Gasteiger partial charge in [0.25, 0.3) is 0 Å². The zero-order valence-corrected chi connectivity index (χ0v) is 15.1. The van der Waals surface area contributed by atoms with Crippen molar-refractivity contribution in [3.63, 3.8) is 0 Å². The highest BCUT2D eigenvalue weighted by Crippen LogP contribution is 2.27. The van der Waals surface area contributed by atoms with Gasteiger partial charge in [-0.3, -0.25) is 5.32 Å². The number of pyridine rings is 1. The van der Waals surface area contributed by atoms with E-state index in [2.05, 4.69) is 15.5 Å². The monoisotopic (exact) mass is 347 g/mol. The van der Waals surface area contributed by atoms with Crippen LogP contribution in [0, 0.1) is 13.8 Å². The molecule has 0 unspecified atom stereocenters. The van der Waals surface area contributed by atoms with E-state index in [0.717, 1.165) is 0 Å². The Balaban J connectivity index is 2.29. The standard InChI is InChI=1S/C17H21N3O5/c1-9-11(19-16(22)24-17(3,4)5)7-8-12(18-9)14-13(15(21)23-6)10(2)20-25-14/h7-8H,1-6H3,(H,19,22). The molecule has 0 radical (unpaired) electrons. The number of ether oxygens (including phenoxy) is 2. The molecular weight excluding hydrogens is 326 g/mol. The van der Waals surface area contributed by atoms with E-state index < -0.39 is 17.7 Å². The predicted octanol–water partition coefficient (Wildman–Crippen LogP) is 3.49. The summed E-state index contributed by atoms with van der Waals surface area (Å²) in [6, 6.07) is 3.27. The van der Waals surface area contributed by atoms with Crippen LogP contribution in [-0.4, -0.2) is 34.9 Å². The van der Waals surface area contributed by atoms with Gasteiger partial charge in [0, 0.05) is 0 Å². The summed E-state index contributed by atoms with van der Waals surface area (Å²) >= 11 is 0. The maximum atomic E-state index is 11.9. The lowest BCUT2D eigenvalue weighted by atomic mass is 10.1. The van der Waals surface area contributed by atoms with Gasteiger partial charge in [0.2, 0.25) is 0 Å². The summed E-state index contributed by atoms with van der Waals surface area (Å²) in [6.07, 6.45) is -0.573. The fraction of sp³-hybridized carbons (Fsp3) is 0.412. The van der Waals surface area contributed by atoms with Crippen LogP contribution in [0.5, 0.6) is 0 Å². The number of nitrogens with one attached hydrogen (secondary N) is 1. The van der Waals surface area contributed by atoms with Gasteiger partial charge in [0.1, 0.15) is 16.9 Å². The first-order valence-corrected chi connectivity index (χ1v) is 7.65. The van der Waals surface area contributed by atoms with E-state index in [0.29, 0.717) is 22.8 Å². The zero-order chi connectivity index (χ0) is 18.8. The van der Waals surface area contributed by atoms with Crippen molar-refractivity contribution in [2.24, 2.45) is 0 Å².